The molecule has 1 aromatic heterocycles. The first-order valence-electron chi connectivity index (χ1n) is 6.39. The van der Waals surface area contributed by atoms with Crippen LogP contribution in [0.2, 0.25) is 0 Å². The second-order valence-electron chi connectivity index (χ2n) is 4.89. The summed E-state index contributed by atoms with van der Waals surface area (Å²) in [6, 6.07) is -0.670. The number of carboxylic acid groups (broad SMARTS) is 1. The number of amides is 1. The van der Waals surface area contributed by atoms with Gasteiger partial charge in [0.1, 0.15) is 6.04 Å². The lowest BCUT2D eigenvalue weighted by atomic mass is 9.95. The highest BCUT2D eigenvalue weighted by Gasteiger charge is 2.36. The van der Waals surface area contributed by atoms with Gasteiger partial charge in [-0.25, -0.2) is 4.79 Å². The van der Waals surface area contributed by atoms with Crippen LogP contribution in [0.5, 0.6) is 0 Å². The fraction of sp³-hybridized carbons (Fsp3) is 0.538. The van der Waals surface area contributed by atoms with Crippen molar-refractivity contribution in [3.8, 4) is 0 Å². The number of fused-ring (bicyclic) bond motifs is 1. The molecule has 102 valence electrons. The summed E-state index contributed by atoms with van der Waals surface area (Å²) in [6.07, 6.45) is 4.34. The minimum atomic E-state index is -0.901. The second kappa shape index (κ2) is 5.17. The van der Waals surface area contributed by atoms with Gasteiger partial charge in [-0.1, -0.05) is 0 Å². The van der Waals surface area contributed by atoms with Crippen molar-refractivity contribution >= 4 is 35.0 Å². The lowest BCUT2D eigenvalue weighted by Gasteiger charge is -2.21. The Bertz CT molecular complexity index is 526. The van der Waals surface area contributed by atoms with Crippen molar-refractivity contribution in [1.29, 1.82) is 0 Å². The van der Waals surface area contributed by atoms with Gasteiger partial charge in [0, 0.05) is 16.0 Å². The molecule has 1 fully saturated rings. The minimum Gasteiger partial charge on any atom is -0.480 e. The van der Waals surface area contributed by atoms with Gasteiger partial charge < -0.3 is 10.0 Å². The van der Waals surface area contributed by atoms with Crippen LogP contribution in [-0.4, -0.2) is 39.6 Å². The maximum Gasteiger partial charge on any atom is 0.327 e. The van der Waals surface area contributed by atoms with Crippen LogP contribution in [0.15, 0.2) is 5.38 Å². The summed E-state index contributed by atoms with van der Waals surface area (Å²) in [5, 5.41) is 11.1. The molecule has 6 heteroatoms. The Morgan fingerprint density at radius 3 is 2.89 bits per heavy atom. The van der Waals surface area contributed by atoms with Crippen molar-refractivity contribution in [2.45, 2.75) is 31.7 Å². The van der Waals surface area contributed by atoms with Gasteiger partial charge in [0.05, 0.1) is 11.4 Å². The van der Waals surface area contributed by atoms with E-state index in [-0.39, 0.29) is 5.91 Å². The van der Waals surface area contributed by atoms with E-state index in [0.717, 1.165) is 24.8 Å². The fourth-order valence-corrected chi connectivity index (χ4v) is 4.94. The summed E-state index contributed by atoms with van der Waals surface area (Å²) >= 11 is 3.16. The summed E-state index contributed by atoms with van der Waals surface area (Å²) < 4.78 is 0. The molecule has 4 nitrogen and oxygen atoms in total. The summed E-state index contributed by atoms with van der Waals surface area (Å²) in [4.78, 5) is 26.5. The van der Waals surface area contributed by atoms with Crippen LogP contribution in [0, 0.1) is 0 Å². The number of carbonyl (C=O) groups excluding carboxylic acids is 1. The molecule has 0 saturated carbocycles. The molecular weight excluding hydrogens is 282 g/mol. The van der Waals surface area contributed by atoms with E-state index < -0.39 is 12.0 Å². The van der Waals surface area contributed by atoms with Gasteiger partial charge in [-0.05, 0) is 31.2 Å². The first-order chi connectivity index (χ1) is 9.18. The molecule has 1 N–H and O–H groups in total. The Kier molecular flexibility index (Phi) is 3.54. The molecule has 1 saturated heterocycles. The van der Waals surface area contributed by atoms with E-state index in [4.69, 9.17) is 5.11 Å². The largest absolute Gasteiger partial charge is 0.480 e. The molecule has 0 unspecified atom stereocenters. The van der Waals surface area contributed by atoms with Gasteiger partial charge in [0.25, 0.3) is 5.91 Å². The van der Waals surface area contributed by atoms with Crippen LogP contribution in [-0.2, 0) is 17.6 Å². The lowest BCUT2D eigenvalue weighted by Crippen LogP contribution is -2.42. The number of carboxylic acids is 1. The van der Waals surface area contributed by atoms with Crippen molar-refractivity contribution in [1.82, 2.24) is 4.90 Å². The van der Waals surface area contributed by atoms with Gasteiger partial charge in [0.2, 0.25) is 0 Å². The van der Waals surface area contributed by atoms with Crippen molar-refractivity contribution in [2.24, 2.45) is 0 Å². The Labute approximate surface area is 119 Å². The highest BCUT2D eigenvalue weighted by Crippen LogP contribution is 2.32. The molecule has 0 radical (unpaired) electrons. The number of thioether (sulfide) groups is 1. The van der Waals surface area contributed by atoms with Crippen LogP contribution >= 0.6 is 23.1 Å². The van der Waals surface area contributed by atoms with Gasteiger partial charge in [-0.2, -0.15) is 0 Å². The molecule has 0 bridgehead atoms. The van der Waals surface area contributed by atoms with Crippen molar-refractivity contribution in [3.05, 3.63) is 21.4 Å². The molecule has 0 spiro atoms. The topological polar surface area (TPSA) is 57.6 Å². The first kappa shape index (κ1) is 13.0. The Balaban J connectivity index is 1.88. The SMILES string of the molecule is O=C(O)[C@@H]1CSCN1C(=O)c1csc2c1CCCC2. The van der Waals surface area contributed by atoms with E-state index in [1.165, 1.54) is 33.5 Å². The maximum atomic E-state index is 12.6. The highest BCUT2D eigenvalue weighted by atomic mass is 32.2. The van der Waals surface area contributed by atoms with Gasteiger partial charge >= 0.3 is 5.97 Å². The molecule has 1 amide bonds. The van der Waals surface area contributed by atoms with Crippen LogP contribution in [0.4, 0.5) is 0 Å². The Morgan fingerprint density at radius 1 is 1.32 bits per heavy atom. The van der Waals surface area contributed by atoms with Crippen LogP contribution < -0.4 is 0 Å². The zero-order valence-electron chi connectivity index (χ0n) is 10.4. The molecule has 1 aromatic rings. The van der Waals surface area contributed by atoms with E-state index in [1.54, 1.807) is 11.3 Å². The van der Waals surface area contributed by atoms with E-state index in [1.807, 2.05) is 5.38 Å². The fourth-order valence-electron chi connectivity index (χ4n) is 2.68. The maximum absolute atomic E-state index is 12.6. The quantitative estimate of drug-likeness (QED) is 0.909. The summed E-state index contributed by atoms with van der Waals surface area (Å²) in [6.45, 7) is 0. The zero-order valence-corrected chi connectivity index (χ0v) is 12.1. The average Bonchev–Trinajstić information content (AvgIpc) is 3.05. The number of hydrogen-bond acceptors (Lipinski definition) is 4. The summed E-state index contributed by atoms with van der Waals surface area (Å²) in [5.74, 6) is -0.0207. The monoisotopic (exact) mass is 297 g/mol. The number of rotatable bonds is 2. The number of nitrogens with zero attached hydrogens (tertiary/aromatic N) is 1. The third-order valence-corrected chi connectivity index (χ3v) is 5.82. The Hall–Kier alpha value is -1.01. The number of aryl methyl sites for hydroxylation is 1. The predicted molar refractivity (Wildman–Crippen MR) is 75.9 cm³/mol. The average molecular weight is 297 g/mol. The summed E-state index contributed by atoms with van der Waals surface area (Å²) in [5.41, 5.74) is 1.91. The van der Waals surface area contributed by atoms with Gasteiger partial charge in [-0.3, -0.25) is 4.79 Å². The van der Waals surface area contributed by atoms with Crippen LogP contribution in [0.1, 0.15) is 33.6 Å². The van der Waals surface area contributed by atoms with E-state index in [2.05, 4.69) is 0 Å². The lowest BCUT2D eigenvalue weighted by molar-refractivity contribution is -0.140. The smallest absolute Gasteiger partial charge is 0.327 e. The molecule has 1 aliphatic heterocycles. The third-order valence-electron chi connectivity index (χ3n) is 3.72. The van der Waals surface area contributed by atoms with Crippen molar-refractivity contribution < 1.29 is 14.7 Å². The van der Waals surface area contributed by atoms with Gasteiger partial charge in [-0.15, -0.1) is 23.1 Å². The van der Waals surface area contributed by atoms with Gasteiger partial charge in [0.15, 0.2) is 0 Å². The molecular formula is C13H15NO3S2. The Morgan fingerprint density at radius 2 is 2.11 bits per heavy atom. The molecule has 1 aliphatic carbocycles. The van der Waals surface area contributed by atoms with E-state index >= 15 is 0 Å². The molecule has 1 atom stereocenters. The number of carbonyl (C=O) groups is 2. The van der Waals surface area contributed by atoms with Crippen molar-refractivity contribution in [2.75, 3.05) is 11.6 Å². The highest BCUT2D eigenvalue weighted by molar-refractivity contribution is 7.99. The molecule has 19 heavy (non-hydrogen) atoms. The predicted octanol–water partition coefficient (Wildman–Crippen LogP) is 2.23. The number of aliphatic carboxylic acids is 1. The van der Waals surface area contributed by atoms with E-state index in [9.17, 15) is 9.59 Å². The molecule has 3 rings (SSSR count). The standard InChI is InChI=1S/C13H15NO3S2/c15-12(14-7-18-6-10(14)13(16)17)9-5-19-11-4-2-1-3-8(9)11/h5,10H,1-4,6-7H2,(H,16,17)/t10-/m0/s1. The van der Waals surface area contributed by atoms with Crippen LogP contribution in [0.3, 0.4) is 0 Å². The molecule has 2 aliphatic rings. The normalized spacial score (nSPS) is 22.3. The van der Waals surface area contributed by atoms with Crippen molar-refractivity contribution in [3.63, 3.8) is 0 Å². The van der Waals surface area contributed by atoms with E-state index in [0.29, 0.717) is 11.6 Å². The number of hydrogen-bond donors (Lipinski definition) is 1. The number of thiophene rings is 1. The molecule has 2 heterocycles. The minimum absolute atomic E-state index is 0.100. The first-order valence-corrected chi connectivity index (χ1v) is 8.42. The molecule has 0 aromatic carbocycles. The second-order valence-corrected chi connectivity index (χ2v) is 6.85. The van der Waals surface area contributed by atoms with Crippen LogP contribution in [0.25, 0.3) is 0 Å². The third kappa shape index (κ3) is 2.27. The summed E-state index contributed by atoms with van der Waals surface area (Å²) in [7, 11) is 0. The zero-order chi connectivity index (χ0) is 13.4.